The number of carboxylic acid groups (broad SMARTS) is 1. The van der Waals surface area contributed by atoms with Gasteiger partial charge in [0.2, 0.25) is 0 Å². The molecule has 0 atom stereocenters. The van der Waals surface area contributed by atoms with Gasteiger partial charge < -0.3 is 9.84 Å². The van der Waals surface area contributed by atoms with E-state index in [1.807, 2.05) is 24.3 Å². The normalized spacial score (nSPS) is 10.6. The molecule has 0 aliphatic heterocycles. The van der Waals surface area contributed by atoms with Crippen molar-refractivity contribution >= 4 is 17.3 Å². The Morgan fingerprint density at radius 2 is 2.10 bits per heavy atom. The molecule has 1 N–H and O–H groups in total. The molecule has 0 amide bonds. The fourth-order valence-corrected chi connectivity index (χ4v) is 3.31. The average molecular weight is 305 g/mol. The third-order valence-electron chi connectivity index (χ3n) is 3.17. The SMILES string of the molecule is CCCc1nc(-c2ccccc2OC)sc1CCC(=O)O. The summed E-state index contributed by atoms with van der Waals surface area (Å²) >= 11 is 1.57. The Bertz CT molecular complexity index is 622. The molecule has 1 aromatic heterocycles. The molecule has 0 saturated heterocycles. The highest BCUT2D eigenvalue weighted by atomic mass is 32.1. The quantitative estimate of drug-likeness (QED) is 0.845. The van der Waals surface area contributed by atoms with E-state index in [2.05, 4.69) is 6.92 Å². The molecule has 2 aromatic rings. The number of rotatable bonds is 7. The van der Waals surface area contributed by atoms with Gasteiger partial charge in [-0.25, -0.2) is 4.98 Å². The van der Waals surface area contributed by atoms with Crippen LogP contribution < -0.4 is 4.74 Å². The van der Waals surface area contributed by atoms with Gasteiger partial charge in [0.05, 0.1) is 24.8 Å². The van der Waals surface area contributed by atoms with Gasteiger partial charge in [0, 0.05) is 4.88 Å². The lowest BCUT2D eigenvalue weighted by molar-refractivity contribution is -0.136. The molecule has 5 heteroatoms. The smallest absolute Gasteiger partial charge is 0.303 e. The lowest BCUT2D eigenvalue weighted by atomic mass is 10.1. The van der Waals surface area contributed by atoms with Gasteiger partial charge in [0.1, 0.15) is 10.8 Å². The van der Waals surface area contributed by atoms with Gasteiger partial charge in [-0.3, -0.25) is 4.79 Å². The van der Waals surface area contributed by atoms with Crippen LogP contribution in [-0.4, -0.2) is 23.2 Å². The number of methoxy groups -OCH3 is 1. The number of aromatic nitrogens is 1. The van der Waals surface area contributed by atoms with Crippen molar-refractivity contribution in [2.24, 2.45) is 0 Å². The average Bonchev–Trinajstić information content (AvgIpc) is 2.88. The maximum Gasteiger partial charge on any atom is 0.303 e. The first-order chi connectivity index (χ1) is 10.2. The number of carbonyl (C=O) groups is 1. The standard InChI is InChI=1S/C16H19NO3S/c1-3-6-12-14(9-10-15(18)19)21-16(17-12)11-7-4-5-8-13(11)20-2/h4-5,7-8H,3,6,9-10H2,1-2H3,(H,18,19). The van der Waals surface area contributed by atoms with E-state index in [1.165, 1.54) is 0 Å². The Hall–Kier alpha value is -1.88. The lowest BCUT2D eigenvalue weighted by Crippen LogP contribution is -1.98. The lowest BCUT2D eigenvalue weighted by Gasteiger charge is -2.04. The predicted octanol–water partition coefficient (Wildman–Crippen LogP) is 3.79. The molecular weight excluding hydrogens is 286 g/mol. The number of aryl methyl sites for hydroxylation is 2. The Morgan fingerprint density at radius 3 is 2.76 bits per heavy atom. The van der Waals surface area contributed by atoms with Crippen LogP contribution >= 0.6 is 11.3 Å². The molecule has 1 heterocycles. The van der Waals surface area contributed by atoms with Crippen LogP contribution in [0.1, 0.15) is 30.3 Å². The predicted molar refractivity (Wildman–Crippen MR) is 84.1 cm³/mol. The van der Waals surface area contributed by atoms with Crippen LogP contribution in [0.25, 0.3) is 10.6 Å². The summed E-state index contributed by atoms with van der Waals surface area (Å²) in [6, 6.07) is 7.77. The second-order valence-electron chi connectivity index (χ2n) is 4.73. The third-order valence-corrected chi connectivity index (χ3v) is 4.36. The summed E-state index contributed by atoms with van der Waals surface area (Å²) in [6.45, 7) is 2.10. The number of thiazole rings is 1. The summed E-state index contributed by atoms with van der Waals surface area (Å²) in [5.74, 6) is 0.0174. The second-order valence-corrected chi connectivity index (χ2v) is 5.82. The summed E-state index contributed by atoms with van der Waals surface area (Å²) in [5.41, 5.74) is 1.98. The van der Waals surface area contributed by atoms with E-state index in [0.717, 1.165) is 39.7 Å². The molecule has 0 bridgehead atoms. The van der Waals surface area contributed by atoms with Crippen LogP contribution in [0.15, 0.2) is 24.3 Å². The first-order valence-corrected chi connectivity index (χ1v) is 7.81. The van der Waals surface area contributed by atoms with E-state index in [0.29, 0.717) is 6.42 Å². The summed E-state index contributed by atoms with van der Waals surface area (Å²) < 4.78 is 5.38. The summed E-state index contributed by atoms with van der Waals surface area (Å²) in [5, 5.41) is 9.77. The Labute approximate surface area is 128 Å². The third kappa shape index (κ3) is 3.82. The molecule has 1 aromatic carbocycles. The molecule has 21 heavy (non-hydrogen) atoms. The molecule has 0 spiro atoms. The monoisotopic (exact) mass is 305 g/mol. The Morgan fingerprint density at radius 1 is 1.33 bits per heavy atom. The van der Waals surface area contributed by atoms with Crippen molar-refractivity contribution < 1.29 is 14.6 Å². The van der Waals surface area contributed by atoms with E-state index in [1.54, 1.807) is 18.4 Å². The number of ether oxygens (including phenoxy) is 1. The molecular formula is C16H19NO3S. The van der Waals surface area contributed by atoms with E-state index in [-0.39, 0.29) is 6.42 Å². The van der Waals surface area contributed by atoms with Crippen LogP contribution in [0.4, 0.5) is 0 Å². The maximum atomic E-state index is 10.8. The maximum absolute atomic E-state index is 10.8. The second kappa shape index (κ2) is 7.22. The van der Waals surface area contributed by atoms with Gasteiger partial charge in [-0.15, -0.1) is 11.3 Å². The highest BCUT2D eigenvalue weighted by Gasteiger charge is 2.15. The highest BCUT2D eigenvalue weighted by molar-refractivity contribution is 7.15. The zero-order valence-electron chi connectivity index (χ0n) is 12.3. The van der Waals surface area contributed by atoms with Gasteiger partial charge in [0.25, 0.3) is 0 Å². The molecule has 112 valence electrons. The van der Waals surface area contributed by atoms with Crippen molar-refractivity contribution in [1.82, 2.24) is 4.98 Å². The van der Waals surface area contributed by atoms with Crippen LogP contribution in [0, 0.1) is 0 Å². The number of hydrogen-bond donors (Lipinski definition) is 1. The number of nitrogens with zero attached hydrogens (tertiary/aromatic N) is 1. The topological polar surface area (TPSA) is 59.4 Å². The number of carboxylic acids is 1. The number of para-hydroxylation sites is 1. The zero-order valence-corrected chi connectivity index (χ0v) is 13.1. The summed E-state index contributed by atoms with van der Waals surface area (Å²) in [6.07, 6.45) is 2.55. The van der Waals surface area contributed by atoms with Gasteiger partial charge in [-0.05, 0) is 25.0 Å². The van der Waals surface area contributed by atoms with Gasteiger partial charge in [-0.1, -0.05) is 25.5 Å². The Balaban J connectivity index is 2.36. The van der Waals surface area contributed by atoms with E-state index >= 15 is 0 Å². The van der Waals surface area contributed by atoms with Crippen molar-refractivity contribution in [2.45, 2.75) is 32.6 Å². The van der Waals surface area contributed by atoms with E-state index in [4.69, 9.17) is 14.8 Å². The fraction of sp³-hybridized carbons (Fsp3) is 0.375. The zero-order chi connectivity index (χ0) is 15.2. The Kier molecular flexibility index (Phi) is 5.33. The fourth-order valence-electron chi connectivity index (χ4n) is 2.17. The first-order valence-electron chi connectivity index (χ1n) is 6.99. The highest BCUT2D eigenvalue weighted by Crippen LogP contribution is 2.35. The molecule has 0 radical (unpaired) electrons. The van der Waals surface area contributed by atoms with E-state index < -0.39 is 5.97 Å². The summed E-state index contributed by atoms with van der Waals surface area (Å²) in [7, 11) is 1.64. The van der Waals surface area contributed by atoms with Crippen molar-refractivity contribution in [3.05, 3.63) is 34.8 Å². The molecule has 0 saturated carbocycles. The molecule has 2 rings (SSSR count). The first kappa shape index (κ1) is 15.5. The van der Waals surface area contributed by atoms with Gasteiger partial charge in [0.15, 0.2) is 0 Å². The van der Waals surface area contributed by atoms with Crippen LogP contribution in [0.2, 0.25) is 0 Å². The van der Waals surface area contributed by atoms with Gasteiger partial charge >= 0.3 is 5.97 Å². The molecule has 0 aliphatic rings. The van der Waals surface area contributed by atoms with Crippen LogP contribution in [0.5, 0.6) is 5.75 Å². The van der Waals surface area contributed by atoms with Crippen molar-refractivity contribution in [3.63, 3.8) is 0 Å². The largest absolute Gasteiger partial charge is 0.496 e. The minimum Gasteiger partial charge on any atom is -0.496 e. The van der Waals surface area contributed by atoms with Crippen molar-refractivity contribution in [3.8, 4) is 16.3 Å². The van der Waals surface area contributed by atoms with Crippen LogP contribution in [0.3, 0.4) is 0 Å². The molecule has 0 aliphatic carbocycles. The molecule has 0 fully saturated rings. The minimum atomic E-state index is -0.773. The number of hydrogen-bond acceptors (Lipinski definition) is 4. The van der Waals surface area contributed by atoms with E-state index in [9.17, 15) is 4.79 Å². The molecule has 0 unspecified atom stereocenters. The minimum absolute atomic E-state index is 0.143. The molecule has 4 nitrogen and oxygen atoms in total. The number of aliphatic carboxylic acids is 1. The van der Waals surface area contributed by atoms with Crippen molar-refractivity contribution in [1.29, 1.82) is 0 Å². The summed E-state index contributed by atoms with van der Waals surface area (Å²) in [4.78, 5) is 16.6. The van der Waals surface area contributed by atoms with Crippen LogP contribution in [-0.2, 0) is 17.6 Å². The van der Waals surface area contributed by atoms with Gasteiger partial charge in [-0.2, -0.15) is 0 Å². The van der Waals surface area contributed by atoms with Crippen molar-refractivity contribution in [2.75, 3.05) is 7.11 Å². The number of benzene rings is 1.